The Labute approximate surface area is 158 Å². The van der Waals surface area contributed by atoms with Crippen molar-refractivity contribution in [2.45, 2.75) is 19.4 Å². The summed E-state index contributed by atoms with van der Waals surface area (Å²) in [6.45, 7) is 6.88. The molecular formula is C21H25N3OS. The standard InChI is InChI=1S/C21H25N3OS/c1-2-25-18-10-5-3-8-16(18)20(24-14-7-12-22-13-15-24)21-23-17-9-4-6-11-19(17)26-21/h3-6,8-11,20,22H,2,7,12-15H2,1H3. The maximum absolute atomic E-state index is 5.97. The van der Waals surface area contributed by atoms with E-state index >= 15 is 0 Å². The minimum absolute atomic E-state index is 0.134. The number of para-hydroxylation sites is 2. The van der Waals surface area contributed by atoms with E-state index in [-0.39, 0.29) is 6.04 Å². The van der Waals surface area contributed by atoms with E-state index in [1.807, 2.05) is 13.0 Å². The van der Waals surface area contributed by atoms with E-state index in [1.54, 1.807) is 11.3 Å². The lowest BCUT2D eigenvalue weighted by molar-refractivity contribution is 0.233. The third-order valence-electron chi connectivity index (χ3n) is 4.80. The maximum Gasteiger partial charge on any atom is 0.124 e. The molecule has 1 aliphatic heterocycles. The Bertz CT molecular complexity index is 822. The zero-order valence-corrected chi connectivity index (χ0v) is 16.0. The third-order valence-corrected chi connectivity index (χ3v) is 5.89. The highest BCUT2D eigenvalue weighted by Crippen LogP contribution is 2.38. The van der Waals surface area contributed by atoms with Gasteiger partial charge in [-0.25, -0.2) is 4.98 Å². The molecule has 4 nitrogen and oxygen atoms in total. The molecule has 3 aromatic rings. The summed E-state index contributed by atoms with van der Waals surface area (Å²) in [6.07, 6.45) is 1.15. The summed E-state index contributed by atoms with van der Waals surface area (Å²) in [5, 5.41) is 4.66. The van der Waals surface area contributed by atoms with E-state index in [2.05, 4.69) is 52.7 Å². The van der Waals surface area contributed by atoms with Crippen LogP contribution >= 0.6 is 11.3 Å². The van der Waals surface area contributed by atoms with Crippen molar-refractivity contribution in [2.24, 2.45) is 0 Å². The number of aromatic nitrogens is 1. The second-order valence-electron chi connectivity index (χ2n) is 6.53. The Hall–Kier alpha value is -1.95. The van der Waals surface area contributed by atoms with Crippen LogP contribution in [0.4, 0.5) is 0 Å². The van der Waals surface area contributed by atoms with Gasteiger partial charge in [0.1, 0.15) is 10.8 Å². The third kappa shape index (κ3) is 3.61. The number of hydrogen-bond donors (Lipinski definition) is 1. The second kappa shape index (κ2) is 8.16. The molecule has 0 saturated carbocycles. The average Bonchev–Trinajstić information content (AvgIpc) is 2.91. The lowest BCUT2D eigenvalue weighted by Crippen LogP contribution is -2.33. The van der Waals surface area contributed by atoms with Gasteiger partial charge in [-0.2, -0.15) is 0 Å². The maximum atomic E-state index is 5.97. The highest BCUT2D eigenvalue weighted by atomic mass is 32.1. The Balaban J connectivity index is 1.81. The van der Waals surface area contributed by atoms with E-state index in [4.69, 9.17) is 9.72 Å². The highest BCUT2D eigenvalue weighted by molar-refractivity contribution is 7.18. The van der Waals surface area contributed by atoms with Crippen LogP contribution in [-0.2, 0) is 0 Å². The quantitative estimate of drug-likeness (QED) is 0.737. The smallest absolute Gasteiger partial charge is 0.124 e. The molecule has 1 aromatic heterocycles. The van der Waals surface area contributed by atoms with Crippen molar-refractivity contribution in [3.05, 3.63) is 59.1 Å². The molecule has 4 rings (SSSR count). The molecule has 2 heterocycles. The van der Waals surface area contributed by atoms with Gasteiger partial charge in [-0.15, -0.1) is 11.3 Å². The fourth-order valence-corrected chi connectivity index (χ4v) is 4.73. The molecule has 0 spiro atoms. The van der Waals surface area contributed by atoms with E-state index < -0.39 is 0 Å². The van der Waals surface area contributed by atoms with Gasteiger partial charge in [-0.3, -0.25) is 4.90 Å². The summed E-state index contributed by atoms with van der Waals surface area (Å²) >= 11 is 1.80. The Morgan fingerprint density at radius 2 is 1.96 bits per heavy atom. The minimum atomic E-state index is 0.134. The topological polar surface area (TPSA) is 37.4 Å². The van der Waals surface area contributed by atoms with Gasteiger partial charge in [0.15, 0.2) is 0 Å². The molecule has 0 radical (unpaired) electrons. The van der Waals surface area contributed by atoms with Crippen LogP contribution in [-0.4, -0.2) is 42.7 Å². The van der Waals surface area contributed by atoms with E-state index in [9.17, 15) is 0 Å². The van der Waals surface area contributed by atoms with Gasteiger partial charge in [0, 0.05) is 25.2 Å². The molecule has 26 heavy (non-hydrogen) atoms. The van der Waals surface area contributed by atoms with Gasteiger partial charge in [0.25, 0.3) is 0 Å². The number of hydrogen-bond acceptors (Lipinski definition) is 5. The lowest BCUT2D eigenvalue weighted by atomic mass is 10.0. The zero-order chi connectivity index (χ0) is 17.8. The normalized spacial score (nSPS) is 17.1. The summed E-state index contributed by atoms with van der Waals surface area (Å²) in [4.78, 5) is 7.55. The number of ether oxygens (including phenoxy) is 1. The second-order valence-corrected chi connectivity index (χ2v) is 7.59. The first kappa shape index (κ1) is 17.5. The van der Waals surface area contributed by atoms with Crippen LogP contribution in [0, 0.1) is 0 Å². The summed E-state index contributed by atoms with van der Waals surface area (Å²) in [6, 6.07) is 17.0. The largest absolute Gasteiger partial charge is 0.494 e. The summed E-state index contributed by atoms with van der Waals surface area (Å²) < 4.78 is 7.21. The van der Waals surface area contributed by atoms with Gasteiger partial charge in [-0.05, 0) is 38.1 Å². The van der Waals surface area contributed by atoms with Crippen LogP contribution in [0.2, 0.25) is 0 Å². The van der Waals surface area contributed by atoms with Gasteiger partial charge < -0.3 is 10.1 Å². The van der Waals surface area contributed by atoms with E-state index in [0.717, 1.165) is 48.9 Å². The number of benzene rings is 2. The van der Waals surface area contributed by atoms with Crippen molar-refractivity contribution in [3.63, 3.8) is 0 Å². The molecule has 1 aliphatic rings. The predicted molar refractivity (Wildman–Crippen MR) is 108 cm³/mol. The van der Waals surface area contributed by atoms with Crippen LogP contribution in [0.5, 0.6) is 5.75 Å². The first-order chi connectivity index (χ1) is 12.9. The van der Waals surface area contributed by atoms with Crippen LogP contribution in [0.3, 0.4) is 0 Å². The van der Waals surface area contributed by atoms with Crippen LogP contribution in [0.15, 0.2) is 48.5 Å². The Morgan fingerprint density at radius 1 is 1.12 bits per heavy atom. The number of rotatable bonds is 5. The van der Waals surface area contributed by atoms with Crippen molar-refractivity contribution >= 4 is 21.6 Å². The van der Waals surface area contributed by atoms with Crippen molar-refractivity contribution in [1.29, 1.82) is 0 Å². The number of fused-ring (bicyclic) bond motifs is 1. The van der Waals surface area contributed by atoms with E-state index in [0.29, 0.717) is 6.61 Å². The number of thiazole rings is 1. The van der Waals surface area contributed by atoms with Gasteiger partial charge in [0.2, 0.25) is 0 Å². The number of nitrogens with one attached hydrogen (secondary N) is 1. The Kier molecular flexibility index (Phi) is 5.48. The zero-order valence-electron chi connectivity index (χ0n) is 15.1. The first-order valence-corrected chi connectivity index (χ1v) is 10.2. The van der Waals surface area contributed by atoms with Crippen LogP contribution in [0.25, 0.3) is 10.2 Å². The molecule has 1 fully saturated rings. The molecule has 0 aliphatic carbocycles. The van der Waals surface area contributed by atoms with Gasteiger partial charge in [-0.1, -0.05) is 30.3 Å². The summed E-state index contributed by atoms with van der Waals surface area (Å²) in [5.74, 6) is 0.969. The SMILES string of the molecule is CCOc1ccccc1C(c1nc2ccccc2s1)N1CCCNCC1. The van der Waals surface area contributed by atoms with Crippen LogP contribution < -0.4 is 10.1 Å². The molecular weight excluding hydrogens is 342 g/mol. The monoisotopic (exact) mass is 367 g/mol. The number of nitrogens with zero attached hydrogens (tertiary/aromatic N) is 2. The van der Waals surface area contributed by atoms with Crippen molar-refractivity contribution in [3.8, 4) is 5.75 Å². The Morgan fingerprint density at radius 3 is 2.85 bits per heavy atom. The van der Waals surface area contributed by atoms with Crippen molar-refractivity contribution < 1.29 is 4.74 Å². The predicted octanol–water partition coefficient (Wildman–Crippen LogP) is 4.08. The fourth-order valence-electron chi connectivity index (χ4n) is 3.61. The lowest BCUT2D eigenvalue weighted by Gasteiger charge is -2.30. The molecule has 1 saturated heterocycles. The van der Waals surface area contributed by atoms with E-state index in [1.165, 1.54) is 10.3 Å². The highest BCUT2D eigenvalue weighted by Gasteiger charge is 2.28. The van der Waals surface area contributed by atoms with Gasteiger partial charge in [0.05, 0.1) is 22.9 Å². The molecule has 2 aromatic carbocycles. The minimum Gasteiger partial charge on any atom is -0.494 e. The van der Waals surface area contributed by atoms with Gasteiger partial charge >= 0.3 is 0 Å². The van der Waals surface area contributed by atoms with Crippen LogP contribution in [0.1, 0.15) is 30.0 Å². The molecule has 1 unspecified atom stereocenters. The average molecular weight is 368 g/mol. The van der Waals surface area contributed by atoms with Crippen molar-refractivity contribution in [1.82, 2.24) is 15.2 Å². The molecule has 136 valence electrons. The molecule has 1 N–H and O–H groups in total. The fraction of sp³-hybridized carbons (Fsp3) is 0.381. The molecule has 0 bridgehead atoms. The van der Waals surface area contributed by atoms with Crippen molar-refractivity contribution in [2.75, 3.05) is 32.8 Å². The first-order valence-electron chi connectivity index (χ1n) is 9.39. The summed E-state index contributed by atoms with van der Waals surface area (Å²) in [5.41, 5.74) is 2.30. The molecule has 5 heteroatoms. The molecule has 1 atom stereocenters. The summed E-state index contributed by atoms with van der Waals surface area (Å²) in [7, 11) is 0. The molecule has 0 amide bonds.